The van der Waals surface area contributed by atoms with Crippen molar-refractivity contribution in [3.63, 3.8) is 0 Å². The number of hydrogen-bond acceptors (Lipinski definition) is 4. The minimum Gasteiger partial charge on any atom is -0.378 e. The van der Waals surface area contributed by atoms with Gasteiger partial charge in [-0.3, -0.25) is 0 Å². The molecule has 44 heavy (non-hydrogen) atoms. The van der Waals surface area contributed by atoms with Crippen LogP contribution in [-0.2, 0) is 28.7 Å². The Bertz CT molecular complexity index is 1800. The number of pyridine rings is 1. The third kappa shape index (κ3) is 6.09. The van der Waals surface area contributed by atoms with Gasteiger partial charge in [-0.2, -0.15) is 13.2 Å². The van der Waals surface area contributed by atoms with Gasteiger partial charge in [-0.25, -0.2) is 9.98 Å². The highest BCUT2D eigenvalue weighted by Gasteiger charge is 2.33. The monoisotopic (exact) mass is 595 g/mol. The first-order valence-corrected chi connectivity index (χ1v) is 14.5. The molecule has 0 spiro atoms. The molecule has 0 radical (unpaired) electrons. The van der Waals surface area contributed by atoms with Crippen LogP contribution in [0.1, 0.15) is 51.2 Å². The van der Waals surface area contributed by atoms with Crippen molar-refractivity contribution in [2.45, 2.75) is 32.5 Å². The van der Waals surface area contributed by atoms with Crippen molar-refractivity contribution in [2.75, 3.05) is 20.3 Å². The predicted molar refractivity (Wildman–Crippen MR) is 166 cm³/mol. The molecule has 0 aliphatic carbocycles. The number of hydrogen-bond donors (Lipinski definition) is 0. The molecule has 5 nitrogen and oxygen atoms in total. The molecule has 224 valence electrons. The lowest BCUT2D eigenvalue weighted by atomic mass is 9.97. The van der Waals surface area contributed by atoms with Gasteiger partial charge in [-0.05, 0) is 47.7 Å². The maximum atomic E-state index is 13.8. The summed E-state index contributed by atoms with van der Waals surface area (Å²) in [6.45, 7) is 2.85. The zero-order valence-corrected chi connectivity index (χ0v) is 24.6. The molecule has 0 saturated carbocycles. The Morgan fingerprint density at radius 3 is 2.30 bits per heavy atom. The average Bonchev–Trinajstić information content (AvgIpc) is 3.38. The Labute approximate surface area is 254 Å². The number of alkyl halides is 3. The molecule has 0 bridgehead atoms. The molecule has 0 atom stereocenters. The fourth-order valence-corrected chi connectivity index (χ4v) is 5.68. The Morgan fingerprint density at radius 2 is 1.68 bits per heavy atom. The van der Waals surface area contributed by atoms with Crippen molar-refractivity contribution in [3.05, 3.63) is 142 Å². The number of imidazole rings is 1. The van der Waals surface area contributed by atoms with Crippen LogP contribution in [-0.4, -0.2) is 35.4 Å². The van der Waals surface area contributed by atoms with Gasteiger partial charge >= 0.3 is 6.18 Å². The largest absolute Gasteiger partial charge is 0.416 e. The minimum atomic E-state index is -4.44. The quantitative estimate of drug-likeness (QED) is 0.169. The van der Waals surface area contributed by atoms with Crippen molar-refractivity contribution in [2.24, 2.45) is 4.99 Å². The van der Waals surface area contributed by atoms with Gasteiger partial charge in [0.25, 0.3) is 0 Å². The normalized spacial score (nSPS) is 13.6. The van der Waals surface area contributed by atoms with Crippen LogP contribution in [0.5, 0.6) is 0 Å². The topological polar surface area (TPSA) is 48.1 Å². The number of rotatable bonds is 8. The summed E-state index contributed by atoms with van der Waals surface area (Å²) in [7, 11) is 1.59. The first-order chi connectivity index (χ1) is 21.3. The van der Waals surface area contributed by atoms with Gasteiger partial charge in [-0.1, -0.05) is 78.9 Å². The fraction of sp³-hybridized carbons (Fsp3) is 0.222. The van der Waals surface area contributed by atoms with E-state index in [9.17, 15) is 13.2 Å². The summed E-state index contributed by atoms with van der Waals surface area (Å²) in [5, 5.41) is 0. The van der Waals surface area contributed by atoms with Crippen LogP contribution in [0.15, 0.2) is 102 Å². The molecule has 2 aromatic heterocycles. The molecule has 6 rings (SSSR count). The first kappa shape index (κ1) is 29.5. The van der Waals surface area contributed by atoms with Crippen molar-refractivity contribution < 1.29 is 22.6 Å². The molecular weight excluding hydrogens is 563 g/mol. The molecule has 0 fully saturated rings. The molecule has 0 saturated heterocycles. The highest BCUT2D eigenvalue weighted by molar-refractivity contribution is 6.14. The standard InChI is InChI=1S/C36H32F3N3O2/c1-24-28(14-9-15-30(24)36(37,38)39)21-33-32(23-43-2)41-35-31(20-29(22-42(33)35)25-16-18-44-19-17-25)40-34(26-10-5-3-6-11-26)27-12-7-4-8-13-27/h3-16,20,22H,17-19,21,23H2,1-2H3. The smallest absolute Gasteiger partial charge is 0.378 e. The molecule has 5 aromatic rings. The minimum absolute atomic E-state index is 0.203. The van der Waals surface area contributed by atoms with Crippen molar-refractivity contribution in [1.82, 2.24) is 9.38 Å². The molecular formula is C36H32F3N3O2. The third-order valence-corrected chi connectivity index (χ3v) is 7.93. The van der Waals surface area contributed by atoms with E-state index in [1.807, 2.05) is 77.3 Å². The van der Waals surface area contributed by atoms with E-state index in [0.29, 0.717) is 35.8 Å². The van der Waals surface area contributed by atoms with Crippen LogP contribution >= 0.6 is 0 Å². The number of methoxy groups -OCH3 is 1. The second kappa shape index (κ2) is 12.6. The maximum absolute atomic E-state index is 13.8. The lowest BCUT2D eigenvalue weighted by Gasteiger charge is -2.17. The number of aromatic nitrogens is 2. The Balaban J connectivity index is 1.60. The summed E-state index contributed by atoms with van der Waals surface area (Å²) in [5.41, 5.74) is 7.61. The summed E-state index contributed by atoms with van der Waals surface area (Å²) in [4.78, 5) is 10.2. The molecule has 1 aliphatic heterocycles. The molecule has 0 N–H and O–H groups in total. The van der Waals surface area contributed by atoms with E-state index < -0.39 is 11.7 Å². The van der Waals surface area contributed by atoms with Crippen molar-refractivity contribution in [1.29, 1.82) is 0 Å². The average molecular weight is 596 g/mol. The van der Waals surface area contributed by atoms with Gasteiger partial charge in [0.05, 0.1) is 42.5 Å². The lowest BCUT2D eigenvalue weighted by Crippen LogP contribution is -2.10. The molecule has 3 heterocycles. The van der Waals surface area contributed by atoms with Gasteiger partial charge in [0.1, 0.15) is 5.69 Å². The van der Waals surface area contributed by atoms with Gasteiger partial charge in [-0.15, -0.1) is 0 Å². The molecule has 3 aromatic carbocycles. The highest BCUT2D eigenvalue weighted by Crippen LogP contribution is 2.35. The summed E-state index contributed by atoms with van der Waals surface area (Å²) >= 11 is 0. The van der Waals surface area contributed by atoms with E-state index in [4.69, 9.17) is 19.5 Å². The van der Waals surface area contributed by atoms with Gasteiger partial charge < -0.3 is 13.9 Å². The Kier molecular flexibility index (Phi) is 8.46. The number of halogens is 3. The highest BCUT2D eigenvalue weighted by atomic mass is 19.4. The first-order valence-electron chi connectivity index (χ1n) is 14.5. The lowest BCUT2D eigenvalue weighted by molar-refractivity contribution is -0.138. The number of aliphatic imine (C=N–C) groups is 1. The number of fused-ring (bicyclic) bond motifs is 1. The van der Waals surface area contributed by atoms with Crippen LogP contribution in [0.2, 0.25) is 0 Å². The maximum Gasteiger partial charge on any atom is 0.416 e. The summed E-state index contributed by atoms with van der Waals surface area (Å²) in [5.74, 6) is 0. The van der Waals surface area contributed by atoms with E-state index >= 15 is 0 Å². The van der Waals surface area contributed by atoms with Gasteiger partial charge in [0, 0.05) is 30.9 Å². The van der Waals surface area contributed by atoms with Gasteiger partial charge in [0.2, 0.25) is 0 Å². The SMILES string of the molecule is COCc1nc2c(N=C(c3ccccc3)c3ccccc3)cc(C3=CCOCC3)cn2c1Cc1cccc(C(F)(F)F)c1C. The van der Waals surface area contributed by atoms with Crippen LogP contribution in [0, 0.1) is 6.92 Å². The van der Waals surface area contributed by atoms with Crippen LogP contribution < -0.4 is 0 Å². The zero-order chi connectivity index (χ0) is 30.7. The molecule has 8 heteroatoms. The third-order valence-electron chi connectivity index (χ3n) is 7.93. The number of benzene rings is 3. The van der Waals surface area contributed by atoms with Gasteiger partial charge in [0.15, 0.2) is 5.65 Å². The van der Waals surface area contributed by atoms with Crippen LogP contribution in [0.4, 0.5) is 18.9 Å². The molecule has 0 amide bonds. The molecule has 0 unspecified atom stereocenters. The van der Waals surface area contributed by atoms with E-state index in [0.717, 1.165) is 46.2 Å². The predicted octanol–water partition coefficient (Wildman–Crippen LogP) is 8.37. The summed E-state index contributed by atoms with van der Waals surface area (Å²) < 4.78 is 54.5. The zero-order valence-electron chi connectivity index (χ0n) is 24.6. The second-order valence-corrected chi connectivity index (χ2v) is 10.8. The number of nitrogens with zero attached hydrogens (tertiary/aromatic N) is 3. The van der Waals surface area contributed by atoms with E-state index in [-0.39, 0.29) is 18.6 Å². The number of ether oxygens (including phenoxy) is 2. The van der Waals surface area contributed by atoms with Crippen molar-refractivity contribution in [3.8, 4) is 0 Å². The van der Waals surface area contributed by atoms with Crippen LogP contribution in [0.25, 0.3) is 11.2 Å². The summed E-state index contributed by atoms with van der Waals surface area (Å²) in [6, 6.07) is 26.3. The van der Waals surface area contributed by atoms with Crippen LogP contribution in [0.3, 0.4) is 0 Å². The van der Waals surface area contributed by atoms with E-state index in [1.54, 1.807) is 13.2 Å². The van der Waals surface area contributed by atoms with E-state index in [2.05, 4.69) is 6.08 Å². The Morgan fingerprint density at radius 1 is 0.977 bits per heavy atom. The van der Waals surface area contributed by atoms with Crippen molar-refractivity contribution >= 4 is 22.6 Å². The fourth-order valence-electron chi connectivity index (χ4n) is 5.68. The van der Waals surface area contributed by atoms with E-state index in [1.165, 1.54) is 13.0 Å². The second-order valence-electron chi connectivity index (χ2n) is 10.8. The Hall–Kier alpha value is -4.53. The summed E-state index contributed by atoms with van der Waals surface area (Å²) in [6.07, 6.45) is 0.623. The molecule has 1 aliphatic rings.